The van der Waals surface area contributed by atoms with Crippen LogP contribution < -0.4 is 10.6 Å². The SMILES string of the molecule is Cc1csc(C2CCCN2C(=O)c2cccc(C(=O)N[C@@H](Cc3ccccc3)[C@H](O)[C@@H]3NC(C)CN(Cc4ccccc4)C3=O)c2)n1. The highest BCUT2D eigenvalue weighted by Gasteiger charge is 2.40. The van der Waals surface area contributed by atoms with Crippen molar-refractivity contribution in [3.63, 3.8) is 0 Å². The molecule has 2 unspecified atom stereocenters. The molecule has 2 fully saturated rings. The lowest BCUT2D eigenvalue weighted by Crippen LogP contribution is -2.66. The zero-order valence-electron chi connectivity index (χ0n) is 26.7. The van der Waals surface area contributed by atoms with Gasteiger partial charge in [-0.15, -0.1) is 11.3 Å². The Morgan fingerprint density at radius 3 is 2.43 bits per heavy atom. The van der Waals surface area contributed by atoms with E-state index in [0.717, 1.165) is 34.7 Å². The normalized spacial score (nSPS) is 21.0. The summed E-state index contributed by atoms with van der Waals surface area (Å²) < 4.78 is 0. The topological polar surface area (TPSA) is 115 Å². The number of carbonyl (C=O) groups excluding carboxylic acids is 3. The van der Waals surface area contributed by atoms with E-state index in [1.807, 2.05) is 84.8 Å². The highest BCUT2D eigenvalue weighted by atomic mass is 32.1. The molecule has 0 aliphatic carbocycles. The van der Waals surface area contributed by atoms with E-state index in [9.17, 15) is 19.5 Å². The van der Waals surface area contributed by atoms with Crippen LogP contribution in [0.15, 0.2) is 90.3 Å². The summed E-state index contributed by atoms with van der Waals surface area (Å²) in [6, 6.07) is 24.2. The number of hydrogen-bond donors (Lipinski definition) is 3. The van der Waals surface area contributed by atoms with Gasteiger partial charge in [-0.05, 0) is 62.4 Å². The van der Waals surface area contributed by atoms with Crippen molar-refractivity contribution in [2.45, 2.75) is 69.9 Å². The second kappa shape index (κ2) is 14.6. The zero-order valence-corrected chi connectivity index (χ0v) is 27.5. The summed E-state index contributed by atoms with van der Waals surface area (Å²) in [7, 11) is 0. The van der Waals surface area contributed by atoms with Crippen molar-refractivity contribution in [3.05, 3.63) is 123 Å². The summed E-state index contributed by atoms with van der Waals surface area (Å²) in [5, 5.41) is 21.0. The minimum absolute atomic E-state index is 0.0606. The third kappa shape index (κ3) is 7.62. The van der Waals surface area contributed by atoms with Gasteiger partial charge in [0.05, 0.1) is 18.2 Å². The van der Waals surface area contributed by atoms with E-state index in [2.05, 4.69) is 15.6 Å². The van der Waals surface area contributed by atoms with E-state index < -0.39 is 24.1 Å². The quantitative estimate of drug-likeness (QED) is 0.232. The monoisotopic (exact) mass is 651 g/mol. The Morgan fingerprint density at radius 1 is 1.02 bits per heavy atom. The first-order valence-electron chi connectivity index (χ1n) is 16.2. The first-order chi connectivity index (χ1) is 22.8. The number of hydrogen-bond acceptors (Lipinski definition) is 7. The lowest BCUT2D eigenvalue weighted by atomic mass is 9.93. The number of nitrogens with zero attached hydrogens (tertiary/aromatic N) is 3. The van der Waals surface area contributed by atoms with Gasteiger partial charge in [-0.2, -0.15) is 0 Å². The van der Waals surface area contributed by atoms with Crippen molar-refractivity contribution < 1.29 is 19.5 Å². The Labute approximate surface area is 279 Å². The van der Waals surface area contributed by atoms with Crippen LogP contribution in [0.4, 0.5) is 0 Å². The highest BCUT2D eigenvalue weighted by molar-refractivity contribution is 7.09. The molecule has 3 aromatic carbocycles. The van der Waals surface area contributed by atoms with Crippen LogP contribution >= 0.6 is 11.3 Å². The maximum atomic E-state index is 13.8. The number of benzene rings is 3. The van der Waals surface area contributed by atoms with Crippen molar-refractivity contribution in [2.24, 2.45) is 0 Å². The number of aliphatic hydroxyl groups is 1. The number of aromatic nitrogens is 1. The molecule has 0 saturated carbocycles. The first-order valence-corrected chi connectivity index (χ1v) is 17.1. The molecule has 2 aliphatic heterocycles. The van der Waals surface area contributed by atoms with E-state index >= 15 is 0 Å². The molecule has 3 N–H and O–H groups in total. The van der Waals surface area contributed by atoms with E-state index in [1.165, 1.54) is 0 Å². The van der Waals surface area contributed by atoms with Crippen LogP contribution in [0.5, 0.6) is 0 Å². The van der Waals surface area contributed by atoms with Gasteiger partial charge in [-0.25, -0.2) is 4.98 Å². The Morgan fingerprint density at radius 2 is 1.72 bits per heavy atom. The molecule has 2 saturated heterocycles. The molecule has 6 rings (SSSR count). The number of likely N-dealkylation sites (tertiary alicyclic amines) is 1. The van der Waals surface area contributed by atoms with Gasteiger partial charge in [0, 0.05) is 47.9 Å². The zero-order chi connectivity index (χ0) is 32.9. The molecule has 10 heteroatoms. The highest BCUT2D eigenvalue weighted by Crippen LogP contribution is 2.35. The molecular formula is C37H41N5O4S. The number of amides is 3. The maximum Gasteiger partial charge on any atom is 0.254 e. The summed E-state index contributed by atoms with van der Waals surface area (Å²) in [6.45, 7) is 5.51. The smallest absolute Gasteiger partial charge is 0.254 e. The first kappa shape index (κ1) is 32.6. The number of piperazine rings is 1. The molecule has 0 bridgehead atoms. The van der Waals surface area contributed by atoms with Gasteiger partial charge in [0.25, 0.3) is 11.8 Å². The largest absolute Gasteiger partial charge is 0.389 e. The number of aliphatic hydroxyl groups excluding tert-OH is 1. The van der Waals surface area contributed by atoms with E-state index in [4.69, 9.17) is 0 Å². The van der Waals surface area contributed by atoms with Gasteiger partial charge >= 0.3 is 0 Å². The molecule has 244 valence electrons. The van der Waals surface area contributed by atoms with Crippen LogP contribution in [-0.2, 0) is 17.8 Å². The molecule has 1 aromatic heterocycles. The minimum atomic E-state index is -1.22. The average molecular weight is 652 g/mol. The van der Waals surface area contributed by atoms with Crippen molar-refractivity contribution in [2.75, 3.05) is 13.1 Å². The lowest BCUT2D eigenvalue weighted by molar-refractivity contribution is -0.141. The fraction of sp³-hybridized carbons (Fsp3) is 0.351. The summed E-state index contributed by atoms with van der Waals surface area (Å²) in [5.41, 5.74) is 3.60. The molecule has 2 aliphatic rings. The van der Waals surface area contributed by atoms with Crippen molar-refractivity contribution in [3.8, 4) is 0 Å². The van der Waals surface area contributed by atoms with Crippen molar-refractivity contribution in [1.82, 2.24) is 25.4 Å². The third-order valence-electron chi connectivity index (χ3n) is 8.93. The Balaban J connectivity index is 1.21. The van der Waals surface area contributed by atoms with Gasteiger partial charge in [0.15, 0.2) is 0 Å². The summed E-state index contributed by atoms with van der Waals surface area (Å²) >= 11 is 1.57. The molecule has 9 nitrogen and oxygen atoms in total. The second-order valence-electron chi connectivity index (χ2n) is 12.6. The number of thiazole rings is 1. The molecule has 4 aromatic rings. The number of rotatable bonds is 10. The number of nitrogens with one attached hydrogen (secondary N) is 2. The molecule has 3 amide bonds. The second-order valence-corrected chi connectivity index (χ2v) is 13.5. The lowest BCUT2D eigenvalue weighted by Gasteiger charge is -2.41. The van der Waals surface area contributed by atoms with Crippen molar-refractivity contribution >= 4 is 29.1 Å². The average Bonchev–Trinajstić information content (AvgIpc) is 3.75. The van der Waals surface area contributed by atoms with Crippen LogP contribution in [0, 0.1) is 6.92 Å². The van der Waals surface area contributed by atoms with Gasteiger partial charge in [-0.1, -0.05) is 66.7 Å². The van der Waals surface area contributed by atoms with Crippen LogP contribution in [0.25, 0.3) is 0 Å². The number of carbonyl (C=O) groups is 3. The van der Waals surface area contributed by atoms with Crippen LogP contribution in [-0.4, -0.2) is 74.9 Å². The standard InChI is InChI=1S/C37H41N5O4S/c1-24-21-41(22-27-13-7-4-8-14-27)37(46)32(38-24)33(43)30(19-26-11-5-3-6-12-26)40-34(44)28-15-9-16-29(20-28)36(45)42-18-10-17-31(42)35-39-25(2)23-47-35/h3-9,11-16,20,23-24,30-33,38,43H,10,17-19,21-22H2,1-2H3,(H,40,44)/t24?,30-,31?,32-,33-/m0/s1. The predicted molar refractivity (Wildman–Crippen MR) is 182 cm³/mol. The maximum absolute atomic E-state index is 13.8. The van der Waals surface area contributed by atoms with Crippen LogP contribution in [0.1, 0.15) is 68.4 Å². The van der Waals surface area contributed by atoms with E-state index in [1.54, 1.807) is 40.5 Å². The van der Waals surface area contributed by atoms with Crippen LogP contribution in [0.2, 0.25) is 0 Å². The summed E-state index contributed by atoms with van der Waals surface area (Å²) in [5.74, 6) is -0.777. The molecule has 0 spiro atoms. The van der Waals surface area contributed by atoms with Crippen LogP contribution in [0.3, 0.4) is 0 Å². The molecule has 0 radical (unpaired) electrons. The Hall–Kier alpha value is -4.38. The Bertz CT molecular complexity index is 1700. The summed E-state index contributed by atoms with van der Waals surface area (Å²) in [6.07, 6.45) is 0.842. The molecule has 47 heavy (non-hydrogen) atoms. The molecular weight excluding hydrogens is 611 g/mol. The number of aryl methyl sites for hydroxylation is 1. The fourth-order valence-electron chi connectivity index (χ4n) is 6.60. The molecule has 5 atom stereocenters. The van der Waals surface area contributed by atoms with Gasteiger partial charge < -0.3 is 20.2 Å². The summed E-state index contributed by atoms with van der Waals surface area (Å²) in [4.78, 5) is 49.5. The van der Waals surface area contributed by atoms with E-state index in [-0.39, 0.29) is 23.9 Å². The third-order valence-corrected chi connectivity index (χ3v) is 9.99. The predicted octanol–water partition coefficient (Wildman–Crippen LogP) is 4.52. The van der Waals surface area contributed by atoms with Crippen molar-refractivity contribution in [1.29, 1.82) is 0 Å². The minimum Gasteiger partial charge on any atom is -0.389 e. The van der Waals surface area contributed by atoms with Gasteiger partial charge in [0.1, 0.15) is 11.0 Å². The fourth-order valence-corrected chi connectivity index (χ4v) is 7.54. The Kier molecular flexibility index (Phi) is 10.1. The molecule has 3 heterocycles. The van der Waals surface area contributed by atoms with Gasteiger partial charge in [0.2, 0.25) is 5.91 Å². The van der Waals surface area contributed by atoms with E-state index in [0.29, 0.717) is 37.2 Å². The van der Waals surface area contributed by atoms with Gasteiger partial charge in [-0.3, -0.25) is 19.7 Å².